The first-order valence-electron chi connectivity index (χ1n) is 8.90. The number of ether oxygens (including phenoxy) is 2. The van der Waals surface area contributed by atoms with Gasteiger partial charge in [-0.25, -0.2) is 4.79 Å². The van der Waals surface area contributed by atoms with E-state index in [4.69, 9.17) is 9.47 Å². The van der Waals surface area contributed by atoms with E-state index in [-0.39, 0.29) is 18.5 Å². The van der Waals surface area contributed by atoms with Gasteiger partial charge < -0.3 is 9.84 Å². The number of benzene rings is 1. The molecule has 1 rings (SSSR count). The molecule has 0 amide bonds. The highest BCUT2D eigenvalue weighted by Gasteiger charge is 2.41. The monoisotopic (exact) mass is 383 g/mol. The maximum absolute atomic E-state index is 12.4. The number of esters is 1. The van der Waals surface area contributed by atoms with Crippen molar-refractivity contribution < 1.29 is 28.7 Å². The lowest BCUT2D eigenvalue weighted by Gasteiger charge is -2.21. The first-order chi connectivity index (χ1) is 12.3. The van der Waals surface area contributed by atoms with Gasteiger partial charge in [-0.15, -0.1) is 0 Å². The molecule has 7 heteroatoms. The minimum Gasteiger partial charge on any atom is -0.476 e. The van der Waals surface area contributed by atoms with Crippen LogP contribution in [0.1, 0.15) is 45.6 Å². The zero-order chi connectivity index (χ0) is 19.5. The van der Waals surface area contributed by atoms with Crippen molar-refractivity contribution in [3.63, 3.8) is 0 Å². The maximum Gasteiger partial charge on any atom is 0.384 e. The zero-order valence-electron chi connectivity index (χ0n) is 15.6. The third kappa shape index (κ3) is 8.07. The summed E-state index contributed by atoms with van der Waals surface area (Å²) in [5.41, 5.74) is 1.19. The summed E-state index contributed by atoms with van der Waals surface area (Å²) in [6, 6.07) is 9.93. The molecule has 1 aromatic carbocycles. The molecule has 6 nitrogen and oxygen atoms in total. The quantitative estimate of drug-likeness (QED) is 0.252. The van der Waals surface area contributed by atoms with Crippen LogP contribution in [0.15, 0.2) is 30.3 Å². The van der Waals surface area contributed by atoms with Crippen LogP contribution in [0.2, 0.25) is 0 Å². The Kier molecular flexibility index (Phi) is 10.1. The van der Waals surface area contributed by atoms with Crippen molar-refractivity contribution in [2.75, 3.05) is 6.16 Å². The first-order valence-corrected chi connectivity index (χ1v) is 10.4. The highest BCUT2D eigenvalue weighted by Crippen LogP contribution is 2.33. The Hall–Kier alpha value is -1.78. The largest absolute Gasteiger partial charge is 0.476 e. The lowest BCUT2D eigenvalue weighted by Crippen LogP contribution is -2.33. The van der Waals surface area contributed by atoms with Gasteiger partial charge in [0.15, 0.2) is 0 Å². The standard InChI is InChI=1S/C19H27O6P/c1-4-16(20)24-18(14(2)3)25-19(17(21)22)26(23)13-9-8-12-15-10-6-5-7-11-15/h5-7,10-11,14,18-19H,4,8-9,12-13H2,1-3H3/p+1/t18-,19+/m1/s1. The molecule has 0 aliphatic heterocycles. The van der Waals surface area contributed by atoms with E-state index in [9.17, 15) is 19.3 Å². The summed E-state index contributed by atoms with van der Waals surface area (Å²) in [6.07, 6.45) is 1.70. The number of hydrogen-bond donors (Lipinski definition) is 1. The summed E-state index contributed by atoms with van der Waals surface area (Å²) in [5.74, 6) is -3.49. The number of aryl methyl sites for hydroxylation is 1. The molecule has 0 radical (unpaired) electrons. The number of unbranched alkanes of at least 4 members (excludes halogenated alkanes) is 1. The number of rotatable bonds is 12. The van der Waals surface area contributed by atoms with Gasteiger partial charge in [0.25, 0.3) is 0 Å². The molecule has 1 aromatic rings. The van der Waals surface area contributed by atoms with E-state index in [1.165, 1.54) is 5.56 Å². The Morgan fingerprint density at radius 2 is 1.81 bits per heavy atom. The molecule has 0 bridgehead atoms. The smallest absolute Gasteiger partial charge is 0.384 e. The molecule has 26 heavy (non-hydrogen) atoms. The molecule has 0 spiro atoms. The van der Waals surface area contributed by atoms with E-state index >= 15 is 0 Å². The van der Waals surface area contributed by atoms with Gasteiger partial charge in [-0.2, -0.15) is 0 Å². The van der Waals surface area contributed by atoms with Crippen molar-refractivity contribution in [2.45, 2.75) is 58.6 Å². The summed E-state index contributed by atoms with van der Waals surface area (Å²) in [7, 11) is -2.11. The van der Waals surface area contributed by atoms with E-state index in [1.54, 1.807) is 20.8 Å². The van der Waals surface area contributed by atoms with Gasteiger partial charge in [0.05, 0.1) is 0 Å². The van der Waals surface area contributed by atoms with E-state index in [0.29, 0.717) is 6.42 Å². The Bertz CT molecular complexity index is 587. The van der Waals surface area contributed by atoms with Gasteiger partial charge in [0.1, 0.15) is 6.16 Å². The summed E-state index contributed by atoms with van der Waals surface area (Å²) < 4.78 is 22.9. The number of carbonyl (C=O) groups is 2. The van der Waals surface area contributed by atoms with E-state index in [2.05, 4.69) is 0 Å². The van der Waals surface area contributed by atoms with Crippen molar-refractivity contribution in [1.29, 1.82) is 0 Å². The van der Waals surface area contributed by atoms with Crippen molar-refractivity contribution in [3.05, 3.63) is 35.9 Å². The third-order valence-corrected chi connectivity index (χ3v) is 5.38. The van der Waals surface area contributed by atoms with Crippen LogP contribution in [-0.4, -0.2) is 35.3 Å². The summed E-state index contributed by atoms with van der Waals surface area (Å²) >= 11 is 0. The second kappa shape index (κ2) is 11.8. The molecule has 0 heterocycles. The number of carbonyl (C=O) groups excluding carboxylic acids is 1. The van der Waals surface area contributed by atoms with Gasteiger partial charge >= 0.3 is 25.6 Å². The first kappa shape index (κ1) is 22.3. The minimum absolute atomic E-state index is 0.163. The fourth-order valence-electron chi connectivity index (χ4n) is 2.27. The summed E-state index contributed by atoms with van der Waals surface area (Å²) in [4.78, 5) is 22.9. The lowest BCUT2D eigenvalue weighted by atomic mass is 10.1. The Morgan fingerprint density at radius 3 is 2.35 bits per heavy atom. The Balaban J connectivity index is 2.54. The van der Waals surface area contributed by atoms with Gasteiger partial charge in [0.2, 0.25) is 6.29 Å². The van der Waals surface area contributed by atoms with Crippen LogP contribution in [0.25, 0.3) is 0 Å². The van der Waals surface area contributed by atoms with Crippen LogP contribution in [0.4, 0.5) is 0 Å². The van der Waals surface area contributed by atoms with Gasteiger partial charge in [-0.05, 0) is 24.8 Å². The Labute approximate surface area is 155 Å². The van der Waals surface area contributed by atoms with Crippen molar-refractivity contribution in [2.24, 2.45) is 5.92 Å². The normalized spacial score (nSPS) is 13.9. The van der Waals surface area contributed by atoms with E-state index in [0.717, 1.165) is 12.8 Å². The molecule has 0 aliphatic carbocycles. The average molecular weight is 383 g/mol. The summed E-state index contributed by atoms with van der Waals surface area (Å²) in [6.45, 7) is 5.14. The van der Waals surface area contributed by atoms with Crippen molar-refractivity contribution in [1.82, 2.24) is 0 Å². The van der Waals surface area contributed by atoms with Crippen molar-refractivity contribution in [3.8, 4) is 0 Å². The van der Waals surface area contributed by atoms with Gasteiger partial charge in [-0.3, -0.25) is 9.53 Å². The van der Waals surface area contributed by atoms with Crippen LogP contribution in [0, 0.1) is 5.92 Å². The fraction of sp³-hybridized carbons (Fsp3) is 0.579. The fourth-order valence-corrected chi connectivity index (χ4v) is 3.54. The number of aliphatic carboxylic acids is 1. The molecule has 1 N–H and O–H groups in total. The highest BCUT2D eigenvalue weighted by atomic mass is 31.1. The third-order valence-electron chi connectivity index (χ3n) is 3.75. The number of carboxylic acid groups (broad SMARTS) is 1. The van der Waals surface area contributed by atoms with Crippen LogP contribution >= 0.6 is 7.80 Å². The predicted molar refractivity (Wildman–Crippen MR) is 99.4 cm³/mol. The zero-order valence-corrected chi connectivity index (χ0v) is 16.5. The maximum atomic E-state index is 12.4. The van der Waals surface area contributed by atoms with Crippen LogP contribution in [-0.2, 0) is 30.0 Å². The molecule has 0 aliphatic rings. The van der Waals surface area contributed by atoms with E-state index < -0.39 is 31.9 Å². The minimum atomic E-state index is -2.11. The second-order valence-corrected chi connectivity index (χ2v) is 8.12. The molecule has 0 saturated heterocycles. The predicted octanol–water partition coefficient (Wildman–Crippen LogP) is 4.20. The molecule has 144 valence electrons. The number of carboxylic acids is 1. The molecular weight excluding hydrogens is 355 g/mol. The van der Waals surface area contributed by atoms with E-state index in [1.807, 2.05) is 30.3 Å². The Morgan fingerprint density at radius 1 is 1.15 bits per heavy atom. The SMILES string of the molecule is CCC(=O)O[C@H](O[C@H](C(=O)O)[P+](=O)CCCCc1ccccc1)C(C)C. The molecule has 1 unspecified atom stereocenters. The molecule has 0 saturated carbocycles. The topological polar surface area (TPSA) is 89.9 Å². The second-order valence-electron chi connectivity index (χ2n) is 6.37. The lowest BCUT2D eigenvalue weighted by molar-refractivity contribution is -0.198. The van der Waals surface area contributed by atoms with Crippen LogP contribution in [0.3, 0.4) is 0 Å². The average Bonchev–Trinajstić information content (AvgIpc) is 2.62. The molecule has 0 fully saturated rings. The molecule has 0 aromatic heterocycles. The summed E-state index contributed by atoms with van der Waals surface area (Å²) in [5, 5.41) is 9.35. The number of hydrogen-bond acceptors (Lipinski definition) is 5. The molecule has 3 atom stereocenters. The van der Waals surface area contributed by atoms with Crippen LogP contribution in [0.5, 0.6) is 0 Å². The highest BCUT2D eigenvalue weighted by molar-refractivity contribution is 7.46. The van der Waals surface area contributed by atoms with Gasteiger partial charge in [-0.1, -0.05) is 55.7 Å². The van der Waals surface area contributed by atoms with Crippen molar-refractivity contribution >= 4 is 19.7 Å². The van der Waals surface area contributed by atoms with Gasteiger partial charge in [0, 0.05) is 12.3 Å². The van der Waals surface area contributed by atoms with Crippen LogP contribution < -0.4 is 0 Å². The molecular formula is C19H28O6P+.